The van der Waals surface area contributed by atoms with Crippen LogP contribution in [-0.4, -0.2) is 24.0 Å². The van der Waals surface area contributed by atoms with Crippen molar-refractivity contribution >= 4 is 17.3 Å². The zero-order valence-electron chi connectivity index (χ0n) is 13.7. The molecule has 0 bridgehead atoms. The second-order valence-electron chi connectivity index (χ2n) is 6.33. The molecule has 120 valence electrons. The first kappa shape index (κ1) is 15.5. The Morgan fingerprint density at radius 1 is 1.09 bits per heavy atom. The van der Waals surface area contributed by atoms with Crippen molar-refractivity contribution in [2.75, 3.05) is 23.3 Å². The third kappa shape index (κ3) is 3.70. The molecule has 1 aromatic heterocycles. The number of hydrogen-bond donors (Lipinski definition) is 1. The van der Waals surface area contributed by atoms with E-state index in [1.165, 1.54) is 18.4 Å². The van der Waals surface area contributed by atoms with E-state index in [1.54, 1.807) is 12.3 Å². The first-order valence-corrected chi connectivity index (χ1v) is 8.26. The summed E-state index contributed by atoms with van der Waals surface area (Å²) in [6.45, 7) is 6.46. The van der Waals surface area contributed by atoms with Crippen LogP contribution >= 0.6 is 0 Å². The summed E-state index contributed by atoms with van der Waals surface area (Å²) >= 11 is 0. The summed E-state index contributed by atoms with van der Waals surface area (Å²) in [5.74, 6) is 0.315. The number of nitrogens with zero attached hydrogens (tertiary/aromatic N) is 2. The second-order valence-corrected chi connectivity index (χ2v) is 6.33. The molecule has 4 heteroatoms. The lowest BCUT2D eigenvalue weighted by Gasteiger charge is -2.17. The van der Waals surface area contributed by atoms with E-state index < -0.39 is 0 Å². The highest BCUT2D eigenvalue weighted by molar-refractivity contribution is 6.02. The first-order chi connectivity index (χ1) is 11.1. The van der Waals surface area contributed by atoms with Gasteiger partial charge in [-0.25, -0.2) is 4.98 Å². The molecule has 1 aliphatic rings. The molecule has 3 rings (SSSR count). The van der Waals surface area contributed by atoms with Gasteiger partial charge < -0.3 is 10.2 Å². The molecule has 4 nitrogen and oxygen atoms in total. The van der Waals surface area contributed by atoms with E-state index in [0.717, 1.165) is 24.5 Å². The van der Waals surface area contributed by atoms with Crippen molar-refractivity contribution in [2.24, 2.45) is 0 Å². The van der Waals surface area contributed by atoms with Gasteiger partial charge in [0.25, 0.3) is 5.91 Å². The molecule has 1 fully saturated rings. The fourth-order valence-electron chi connectivity index (χ4n) is 2.83. The lowest BCUT2D eigenvalue weighted by Crippen LogP contribution is -2.19. The van der Waals surface area contributed by atoms with Gasteiger partial charge in [-0.3, -0.25) is 4.79 Å². The molecule has 0 saturated carbocycles. The topological polar surface area (TPSA) is 45.2 Å². The van der Waals surface area contributed by atoms with Gasteiger partial charge in [0.1, 0.15) is 5.69 Å². The highest BCUT2D eigenvalue weighted by Gasteiger charge is 2.14. The third-order valence-electron chi connectivity index (χ3n) is 4.29. The van der Waals surface area contributed by atoms with E-state index in [9.17, 15) is 4.79 Å². The Morgan fingerprint density at radius 3 is 2.35 bits per heavy atom. The van der Waals surface area contributed by atoms with Crippen LogP contribution in [0, 0.1) is 0 Å². The highest BCUT2D eigenvalue weighted by atomic mass is 16.1. The molecule has 1 aliphatic heterocycles. The molecular weight excluding hydrogens is 286 g/mol. The molecule has 0 atom stereocenters. The predicted octanol–water partition coefficient (Wildman–Crippen LogP) is 4.06. The van der Waals surface area contributed by atoms with Crippen molar-refractivity contribution in [1.29, 1.82) is 0 Å². The van der Waals surface area contributed by atoms with Crippen molar-refractivity contribution in [1.82, 2.24) is 4.98 Å². The monoisotopic (exact) mass is 309 g/mol. The SMILES string of the molecule is CC(C)c1ccc(NC(=O)c2ccc(N3CCCC3)cn2)cc1. The molecular formula is C19H23N3O. The van der Waals surface area contributed by atoms with E-state index >= 15 is 0 Å². The number of rotatable bonds is 4. The standard InChI is InChI=1S/C19H23N3O/c1-14(2)15-5-7-16(8-6-15)21-19(23)18-10-9-17(13-20-18)22-11-3-4-12-22/h5-10,13-14H,3-4,11-12H2,1-2H3,(H,21,23). The summed E-state index contributed by atoms with van der Waals surface area (Å²) in [5, 5.41) is 2.90. The van der Waals surface area contributed by atoms with Gasteiger partial charge in [0.15, 0.2) is 0 Å². The Bertz CT molecular complexity index is 656. The number of hydrogen-bond acceptors (Lipinski definition) is 3. The average Bonchev–Trinajstić information content (AvgIpc) is 3.10. The van der Waals surface area contributed by atoms with Crippen LogP contribution in [0.25, 0.3) is 0 Å². The van der Waals surface area contributed by atoms with Crippen molar-refractivity contribution in [3.63, 3.8) is 0 Å². The predicted molar refractivity (Wildman–Crippen MR) is 94.2 cm³/mol. The van der Waals surface area contributed by atoms with E-state index in [1.807, 2.05) is 30.3 Å². The Balaban J connectivity index is 1.65. The van der Waals surface area contributed by atoms with Crippen molar-refractivity contribution in [2.45, 2.75) is 32.6 Å². The third-order valence-corrected chi connectivity index (χ3v) is 4.29. The maximum absolute atomic E-state index is 12.3. The van der Waals surface area contributed by atoms with Gasteiger partial charge in [0, 0.05) is 18.8 Å². The number of benzene rings is 1. The summed E-state index contributed by atoms with van der Waals surface area (Å²) in [7, 11) is 0. The fourth-order valence-corrected chi connectivity index (χ4v) is 2.83. The van der Waals surface area contributed by atoms with Crippen LogP contribution in [0.5, 0.6) is 0 Å². The molecule has 0 spiro atoms. The van der Waals surface area contributed by atoms with Gasteiger partial charge in [-0.1, -0.05) is 26.0 Å². The summed E-state index contributed by atoms with van der Waals surface area (Å²) in [5.41, 5.74) is 3.60. The number of nitrogens with one attached hydrogen (secondary N) is 1. The zero-order valence-corrected chi connectivity index (χ0v) is 13.7. The molecule has 2 aromatic rings. The van der Waals surface area contributed by atoms with Crippen LogP contribution in [0.2, 0.25) is 0 Å². The summed E-state index contributed by atoms with van der Waals surface area (Å²) in [6, 6.07) is 11.7. The summed E-state index contributed by atoms with van der Waals surface area (Å²) < 4.78 is 0. The molecule has 1 N–H and O–H groups in total. The molecule has 0 unspecified atom stereocenters. The van der Waals surface area contributed by atoms with Gasteiger partial charge in [0.05, 0.1) is 11.9 Å². The van der Waals surface area contributed by atoms with E-state index in [-0.39, 0.29) is 5.91 Å². The fraction of sp³-hybridized carbons (Fsp3) is 0.368. The Morgan fingerprint density at radius 2 is 1.78 bits per heavy atom. The lowest BCUT2D eigenvalue weighted by atomic mass is 10.0. The van der Waals surface area contributed by atoms with Gasteiger partial charge in [-0.15, -0.1) is 0 Å². The van der Waals surface area contributed by atoms with E-state index in [2.05, 4.69) is 29.0 Å². The minimum atomic E-state index is -0.171. The number of anilines is 2. The van der Waals surface area contributed by atoms with Crippen molar-refractivity contribution in [3.05, 3.63) is 53.9 Å². The molecule has 1 saturated heterocycles. The van der Waals surface area contributed by atoms with Gasteiger partial charge >= 0.3 is 0 Å². The number of amides is 1. The molecule has 1 amide bonds. The van der Waals surface area contributed by atoms with Crippen LogP contribution in [0.4, 0.5) is 11.4 Å². The summed E-state index contributed by atoms with van der Waals surface area (Å²) in [6.07, 6.45) is 4.26. The largest absolute Gasteiger partial charge is 0.370 e. The van der Waals surface area contributed by atoms with Crippen molar-refractivity contribution < 1.29 is 4.79 Å². The number of aromatic nitrogens is 1. The normalized spacial score (nSPS) is 14.3. The van der Waals surface area contributed by atoms with Crippen LogP contribution in [0.3, 0.4) is 0 Å². The highest BCUT2D eigenvalue weighted by Crippen LogP contribution is 2.20. The number of carbonyl (C=O) groups excluding carboxylic acids is 1. The number of carbonyl (C=O) groups is 1. The minimum Gasteiger partial charge on any atom is -0.370 e. The maximum atomic E-state index is 12.3. The summed E-state index contributed by atoms with van der Waals surface area (Å²) in [4.78, 5) is 18.9. The van der Waals surface area contributed by atoms with Gasteiger partial charge in [-0.05, 0) is 48.6 Å². The minimum absolute atomic E-state index is 0.171. The quantitative estimate of drug-likeness (QED) is 0.926. The van der Waals surface area contributed by atoms with Crippen LogP contribution in [-0.2, 0) is 0 Å². The second kappa shape index (κ2) is 6.82. The van der Waals surface area contributed by atoms with Crippen LogP contribution in [0.15, 0.2) is 42.6 Å². The Kier molecular flexibility index (Phi) is 4.60. The molecule has 23 heavy (non-hydrogen) atoms. The maximum Gasteiger partial charge on any atom is 0.274 e. The Labute approximate surface area is 137 Å². The zero-order chi connectivity index (χ0) is 16.2. The first-order valence-electron chi connectivity index (χ1n) is 8.26. The van der Waals surface area contributed by atoms with Crippen molar-refractivity contribution in [3.8, 4) is 0 Å². The Hall–Kier alpha value is -2.36. The molecule has 2 heterocycles. The lowest BCUT2D eigenvalue weighted by molar-refractivity contribution is 0.102. The van der Waals surface area contributed by atoms with E-state index in [4.69, 9.17) is 0 Å². The van der Waals surface area contributed by atoms with Crippen LogP contribution < -0.4 is 10.2 Å². The van der Waals surface area contributed by atoms with Gasteiger partial charge in [-0.2, -0.15) is 0 Å². The van der Waals surface area contributed by atoms with Crippen LogP contribution in [0.1, 0.15) is 48.7 Å². The molecule has 0 aliphatic carbocycles. The molecule has 0 radical (unpaired) electrons. The molecule has 1 aromatic carbocycles. The average molecular weight is 309 g/mol. The van der Waals surface area contributed by atoms with Gasteiger partial charge in [0.2, 0.25) is 0 Å². The smallest absolute Gasteiger partial charge is 0.274 e. The van der Waals surface area contributed by atoms with E-state index in [0.29, 0.717) is 11.6 Å². The number of pyridine rings is 1.